The van der Waals surface area contributed by atoms with Crippen molar-refractivity contribution in [3.8, 4) is 5.75 Å². The van der Waals surface area contributed by atoms with Crippen LogP contribution in [0.4, 0.5) is 16.2 Å². The molecule has 3 aromatic rings. The third-order valence-corrected chi connectivity index (χ3v) is 7.03. The van der Waals surface area contributed by atoms with Gasteiger partial charge in [0.1, 0.15) is 10.8 Å². The van der Waals surface area contributed by atoms with Crippen LogP contribution >= 0.6 is 22.9 Å². The van der Waals surface area contributed by atoms with E-state index in [0.29, 0.717) is 40.2 Å². The summed E-state index contributed by atoms with van der Waals surface area (Å²) >= 11 is 7.44. The lowest BCUT2D eigenvalue weighted by atomic mass is 9.98. The first-order chi connectivity index (χ1) is 15.9. The van der Waals surface area contributed by atoms with E-state index in [-0.39, 0.29) is 17.9 Å². The van der Waals surface area contributed by atoms with Gasteiger partial charge in [-0.25, -0.2) is 4.79 Å². The number of urea groups is 1. The van der Waals surface area contributed by atoms with Crippen LogP contribution in [-0.2, 0) is 0 Å². The number of aryl methyl sites for hydroxylation is 1. The fourth-order valence-corrected chi connectivity index (χ4v) is 4.64. The quantitative estimate of drug-likeness (QED) is 0.519. The Hall–Kier alpha value is -3.17. The molecular formula is C23H24ClN5O3S. The lowest BCUT2D eigenvalue weighted by Crippen LogP contribution is -2.40. The fourth-order valence-electron chi connectivity index (χ4n) is 3.55. The minimum atomic E-state index is -0.294. The van der Waals surface area contributed by atoms with Crippen LogP contribution in [-0.4, -0.2) is 47.2 Å². The lowest BCUT2D eigenvalue weighted by molar-refractivity contribution is 0.102. The summed E-state index contributed by atoms with van der Waals surface area (Å²) in [5.41, 5.74) is 2.30. The molecule has 0 radical (unpaired) electrons. The average molecular weight is 486 g/mol. The highest BCUT2D eigenvalue weighted by Crippen LogP contribution is 2.31. The van der Waals surface area contributed by atoms with Gasteiger partial charge < -0.3 is 20.3 Å². The van der Waals surface area contributed by atoms with E-state index in [0.717, 1.165) is 23.4 Å². The first-order valence-electron chi connectivity index (χ1n) is 10.5. The number of anilines is 2. The second-order valence-corrected chi connectivity index (χ2v) is 9.20. The maximum Gasteiger partial charge on any atom is 0.321 e. The molecule has 2 heterocycles. The van der Waals surface area contributed by atoms with Crippen molar-refractivity contribution in [2.75, 3.05) is 30.8 Å². The molecule has 10 heteroatoms. The first-order valence-corrected chi connectivity index (χ1v) is 11.7. The molecule has 1 aliphatic rings. The first kappa shape index (κ1) is 23.0. The molecule has 0 bridgehead atoms. The lowest BCUT2D eigenvalue weighted by Gasteiger charge is -2.31. The third-order valence-electron chi connectivity index (χ3n) is 5.54. The van der Waals surface area contributed by atoms with Crippen LogP contribution in [0.1, 0.15) is 39.1 Å². The number of methoxy groups -OCH3 is 1. The summed E-state index contributed by atoms with van der Waals surface area (Å²) in [5.74, 6) is 0.592. The number of carbonyl (C=O) groups is 2. The zero-order valence-electron chi connectivity index (χ0n) is 18.3. The summed E-state index contributed by atoms with van der Waals surface area (Å²) in [6.45, 7) is 3.12. The Morgan fingerprint density at radius 1 is 1.06 bits per heavy atom. The van der Waals surface area contributed by atoms with Crippen LogP contribution < -0.4 is 15.4 Å². The number of hydrogen-bond donors (Lipinski definition) is 2. The number of carbonyl (C=O) groups excluding carboxylic acids is 2. The van der Waals surface area contributed by atoms with Gasteiger partial charge >= 0.3 is 6.03 Å². The minimum Gasteiger partial charge on any atom is -0.497 e. The molecule has 0 aliphatic carbocycles. The van der Waals surface area contributed by atoms with Crippen LogP contribution in [0.15, 0.2) is 42.5 Å². The van der Waals surface area contributed by atoms with E-state index >= 15 is 0 Å². The number of aromatic nitrogens is 2. The van der Waals surface area contributed by atoms with Gasteiger partial charge in [-0.15, -0.1) is 10.2 Å². The van der Waals surface area contributed by atoms with Crippen molar-refractivity contribution < 1.29 is 14.3 Å². The Balaban J connectivity index is 1.30. The van der Waals surface area contributed by atoms with Crippen LogP contribution in [0, 0.1) is 6.92 Å². The number of likely N-dealkylation sites (tertiary alicyclic amines) is 1. The van der Waals surface area contributed by atoms with Gasteiger partial charge in [-0.3, -0.25) is 4.79 Å². The van der Waals surface area contributed by atoms with Crippen LogP contribution in [0.2, 0.25) is 5.02 Å². The zero-order valence-corrected chi connectivity index (χ0v) is 19.9. The van der Waals surface area contributed by atoms with E-state index in [4.69, 9.17) is 16.3 Å². The van der Waals surface area contributed by atoms with Gasteiger partial charge in [0.25, 0.3) is 5.91 Å². The highest BCUT2D eigenvalue weighted by molar-refractivity contribution is 7.13. The number of hydrogen-bond acceptors (Lipinski definition) is 6. The molecule has 172 valence electrons. The summed E-state index contributed by atoms with van der Waals surface area (Å²) < 4.78 is 5.12. The smallest absolute Gasteiger partial charge is 0.321 e. The molecule has 1 aliphatic heterocycles. The van der Waals surface area contributed by atoms with Crippen LogP contribution in [0.5, 0.6) is 5.75 Å². The van der Waals surface area contributed by atoms with Gasteiger partial charge in [0, 0.05) is 35.4 Å². The SMILES string of the molecule is COc1ccc(NC(=O)c2nnc(C3CCN(C(=O)Nc4ccc(C)c(Cl)c4)CC3)s2)cc1. The predicted molar refractivity (Wildman–Crippen MR) is 130 cm³/mol. The highest BCUT2D eigenvalue weighted by Gasteiger charge is 2.27. The number of benzene rings is 2. The summed E-state index contributed by atoms with van der Waals surface area (Å²) in [4.78, 5) is 26.9. The summed E-state index contributed by atoms with van der Waals surface area (Å²) in [6.07, 6.45) is 1.52. The van der Waals surface area contributed by atoms with Crippen molar-refractivity contribution in [3.05, 3.63) is 63.1 Å². The molecule has 8 nitrogen and oxygen atoms in total. The molecule has 0 spiro atoms. The molecule has 33 heavy (non-hydrogen) atoms. The minimum absolute atomic E-state index is 0.148. The normalized spacial score (nSPS) is 14.1. The summed E-state index contributed by atoms with van der Waals surface area (Å²) in [6, 6.07) is 12.4. The molecule has 3 amide bonds. The molecule has 1 saturated heterocycles. The van der Waals surface area contributed by atoms with Gasteiger partial charge in [-0.1, -0.05) is 29.0 Å². The standard InChI is InChI=1S/C23H24ClN5O3S/c1-14-3-4-17(13-19(14)24)26-23(31)29-11-9-15(10-12-29)21-27-28-22(33-21)20(30)25-16-5-7-18(32-2)8-6-16/h3-8,13,15H,9-12H2,1-2H3,(H,25,30)(H,26,31). The monoisotopic (exact) mass is 485 g/mol. The van der Waals surface area contributed by atoms with Crippen molar-refractivity contribution in [2.24, 2.45) is 0 Å². The maximum absolute atomic E-state index is 12.6. The average Bonchev–Trinajstić information content (AvgIpc) is 3.33. The van der Waals surface area contributed by atoms with E-state index in [1.165, 1.54) is 11.3 Å². The Kier molecular flexibility index (Phi) is 7.10. The number of halogens is 1. The van der Waals surface area contributed by atoms with E-state index in [1.807, 2.05) is 19.1 Å². The highest BCUT2D eigenvalue weighted by atomic mass is 35.5. The number of nitrogens with zero attached hydrogens (tertiary/aromatic N) is 3. The summed E-state index contributed by atoms with van der Waals surface area (Å²) in [5, 5.41) is 15.8. The Bertz CT molecular complexity index is 1140. The van der Waals surface area contributed by atoms with Crippen molar-refractivity contribution in [3.63, 3.8) is 0 Å². The van der Waals surface area contributed by atoms with Crippen LogP contribution in [0.3, 0.4) is 0 Å². The van der Waals surface area contributed by atoms with Crippen molar-refractivity contribution in [1.82, 2.24) is 15.1 Å². The number of ether oxygens (including phenoxy) is 1. The molecule has 0 atom stereocenters. The van der Waals surface area contributed by atoms with Gasteiger partial charge in [0.2, 0.25) is 5.01 Å². The largest absolute Gasteiger partial charge is 0.497 e. The maximum atomic E-state index is 12.6. The fraction of sp³-hybridized carbons (Fsp3) is 0.304. The topological polar surface area (TPSA) is 96.4 Å². The molecule has 4 rings (SSSR count). The summed E-state index contributed by atoms with van der Waals surface area (Å²) in [7, 11) is 1.59. The van der Waals surface area contributed by atoms with Crippen LogP contribution in [0.25, 0.3) is 0 Å². The second kappa shape index (κ2) is 10.2. The second-order valence-electron chi connectivity index (χ2n) is 7.78. The molecular weight excluding hydrogens is 462 g/mol. The van der Waals surface area contributed by atoms with E-state index in [1.54, 1.807) is 42.3 Å². The van der Waals surface area contributed by atoms with Gasteiger partial charge in [0.05, 0.1) is 7.11 Å². The number of nitrogens with one attached hydrogen (secondary N) is 2. The molecule has 0 unspecified atom stereocenters. The van der Waals surface area contributed by atoms with Crippen molar-refractivity contribution >= 4 is 46.3 Å². The van der Waals surface area contributed by atoms with Crippen molar-refractivity contribution in [2.45, 2.75) is 25.7 Å². The molecule has 0 saturated carbocycles. The predicted octanol–water partition coefficient (Wildman–Crippen LogP) is 5.17. The van der Waals surface area contributed by atoms with Gasteiger partial charge in [-0.05, 0) is 61.7 Å². The van der Waals surface area contributed by atoms with Gasteiger partial charge in [0.15, 0.2) is 0 Å². The molecule has 1 fully saturated rings. The van der Waals surface area contributed by atoms with E-state index in [9.17, 15) is 9.59 Å². The Morgan fingerprint density at radius 2 is 1.76 bits per heavy atom. The Labute approximate surface area is 200 Å². The third kappa shape index (κ3) is 5.61. The Morgan fingerprint density at radius 3 is 2.42 bits per heavy atom. The molecule has 2 N–H and O–H groups in total. The van der Waals surface area contributed by atoms with E-state index in [2.05, 4.69) is 20.8 Å². The molecule has 2 aromatic carbocycles. The number of rotatable bonds is 5. The number of piperidine rings is 1. The van der Waals surface area contributed by atoms with Gasteiger partial charge in [-0.2, -0.15) is 0 Å². The zero-order chi connectivity index (χ0) is 23.4. The molecule has 1 aromatic heterocycles. The number of amides is 3. The van der Waals surface area contributed by atoms with E-state index < -0.39 is 0 Å². The van der Waals surface area contributed by atoms with Crippen molar-refractivity contribution in [1.29, 1.82) is 0 Å².